The largest absolute Gasteiger partial charge is 0.481 e. The minimum atomic E-state index is -0.870. The number of carbonyl (C=O) groups excluding carboxylic acids is 1. The van der Waals surface area contributed by atoms with Crippen LogP contribution in [-0.2, 0) is 4.79 Å². The normalized spacial score (nSPS) is 20.2. The lowest BCUT2D eigenvalue weighted by atomic mass is 9.87. The zero-order valence-electron chi connectivity index (χ0n) is 13.3. The number of aliphatic carboxylic acids is 1. The van der Waals surface area contributed by atoms with Crippen molar-refractivity contribution in [3.8, 4) is 0 Å². The molecule has 2 saturated carbocycles. The molecule has 1 atom stereocenters. The third-order valence-electron chi connectivity index (χ3n) is 4.17. The van der Waals surface area contributed by atoms with Crippen LogP contribution in [0.3, 0.4) is 0 Å². The highest BCUT2D eigenvalue weighted by molar-refractivity contribution is 5.76. The van der Waals surface area contributed by atoms with E-state index in [1.165, 1.54) is 25.7 Å². The molecule has 0 aromatic rings. The Labute approximate surface area is 126 Å². The SMILES string of the molecule is CC(C)(C)CC(CC(=O)O)NC(=O)NC(C1CC1)C1CC1. The zero-order chi connectivity index (χ0) is 15.6. The fourth-order valence-corrected chi connectivity index (χ4v) is 3.03. The van der Waals surface area contributed by atoms with Crippen LogP contribution < -0.4 is 10.6 Å². The van der Waals surface area contributed by atoms with E-state index in [0.717, 1.165) is 0 Å². The molecule has 5 heteroatoms. The number of carbonyl (C=O) groups is 2. The van der Waals surface area contributed by atoms with Crippen LogP contribution in [0.15, 0.2) is 0 Å². The highest BCUT2D eigenvalue weighted by Gasteiger charge is 2.42. The van der Waals surface area contributed by atoms with Crippen LogP contribution in [0.25, 0.3) is 0 Å². The maximum absolute atomic E-state index is 12.2. The summed E-state index contributed by atoms with van der Waals surface area (Å²) in [7, 11) is 0. The van der Waals surface area contributed by atoms with E-state index < -0.39 is 5.97 Å². The Bertz CT molecular complexity index is 383. The molecule has 0 heterocycles. The molecule has 2 aliphatic rings. The molecule has 0 aliphatic heterocycles. The van der Waals surface area contributed by atoms with Gasteiger partial charge in [-0.25, -0.2) is 4.79 Å². The predicted molar refractivity (Wildman–Crippen MR) is 81.0 cm³/mol. The summed E-state index contributed by atoms with van der Waals surface area (Å²) in [5, 5.41) is 15.0. The van der Waals surface area contributed by atoms with Gasteiger partial charge >= 0.3 is 12.0 Å². The van der Waals surface area contributed by atoms with E-state index in [-0.39, 0.29) is 23.9 Å². The van der Waals surface area contributed by atoms with Crippen LogP contribution in [0.2, 0.25) is 0 Å². The summed E-state index contributed by atoms with van der Waals surface area (Å²) < 4.78 is 0. The smallest absolute Gasteiger partial charge is 0.315 e. The minimum Gasteiger partial charge on any atom is -0.481 e. The molecule has 0 aromatic heterocycles. The summed E-state index contributed by atoms with van der Waals surface area (Å²) in [5.74, 6) is 0.415. The van der Waals surface area contributed by atoms with Gasteiger partial charge in [0.15, 0.2) is 0 Å². The first kappa shape index (κ1) is 16.1. The Kier molecular flexibility index (Phi) is 4.79. The van der Waals surface area contributed by atoms with Crippen molar-refractivity contribution < 1.29 is 14.7 Å². The van der Waals surface area contributed by atoms with Gasteiger partial charge in [0.1, 0.15) is 0 Å². The molecule has 2 fully saturated rings. The molecule has 21 heavy (non-hydrogen) atoms. The number of hydrogen-bond acceptors (Lipinski definition) is 2. The minimum absolute atomic E-state index is 0.0141. The van der Waals surface area contributed by atoms with Crippen molar-refractivity contribution in [2.45, 2.75) is 71.4 Å². The van der Waals surface area contributed by atoms with Gasteiger partial charge in [-0.1, -0.05) is 20.8 Å². The van der Waals surface area contributed by atoms with Gasteiger partial charge < -0.3 is 15.7 Å². The lowest BCUT2D eigenvalue weighted by molar-refractivity contribution is -0.137. The quantitative estimate of drug-likeness (QED) is 0.676. The van der Waals surface area contributed by atoms with Crippen molar-refractivity contribution in [1.82, 2.24) is 10.6 Å². The Hall–Kier alpha value is -1.26. The van der Waals surface area contributed by atoms with Gasteiger partial charge in [-0.3, -0.25) is 4.79 Å². The van der Waals surface area contributed by atoms with E-state index in [0.29, 0.717) is 24.3 Å². The summed E-state index contributed by atoms with van der Waals surface area (Å²) in [6.07, 6.45) is 5.47. The van der Waals surface area contributed by atoms with Crippen molar-refractivity contribution in [3.05, 3.63) is 0 Å². The molecule has 0 bridgehead atoms. The number of nitrogens with one attached hydrogen (secondary N) is 2. The average Bonchev–Trinajstić information content (AvgIpc) is 3.16. The maximum atomic E-state index is 12.2. The molecule has 5 nitrogen and oxygen atoms in total. The molecule has 2 rings (SSSR count). The Balaban J connectivity index is 1.85. The fourth-order valence-electron chi connectivity index (χ4n) is 3.03. The first-order chi connectivity index (χ1) is 9.74. The standard InChI is InChI=1S/C16H28N2O3/c1-16(2,3)9-12(8-13(19)20)17-15(21)18-14(10-4-5-10)11-6-7-11/h10-12,14H,4-9H2,1-3H3,(H,19,20)(H2,17,18,21). The third kappa shape index (κ3) is 5.94. The molecular formula is C16H28N2O3. The van der Waals surface area contributed by atoms with Gasteiger partial charge in [-0.15, -0.1) is 0 Å². The van der Waals surface area contributed by atoms with E-state index in [2.05, 4.69) is 31.4 Å². The van der Waals surface area contributed by atoms with E-state index in [1.54, 1.807) is 0 Å². The number of urea groups is 1. The summed E-state index contributed by atoms with van der Waals surface area (Å²) in [5.41, 5.74) is -0.0141. The summed E-state index contributed by atoms with van der Waals surface area (Å²) >= 11 is 0. The third-order valence-corrected chi connectivity index (χ3v) is 4.17. The number of rotatable bonds is 7. The number of carboxylic acids is 1. The monoisotopic (exact) mass is 296 g/mol. The molecule has 0 aromatic carbocycles. The van der Waals surface area contributed by atoms with Gasteiger partial charge in [-0.05, 0) is 49.4 Å². The van der Waals surface area contributed by atoms with Gasteiger partial charge in [0, 0.05) is 12.1 Å². The van der Waals surface area contributed by atoms with Crippen molar-refractivity contribution in [2.75, 3.05) is 0 Å². The van der Waals surface area contributed by atoms with Crippen LogP contribution in [0.5, 0.6) is 0 Å². The Morgan fingerprint density at radius 2 is 1.62 bits per heavy atom. The average molecular weight is 296 g/mol. The summed E-state index contributed by atoms with van der Waals surface area (Å²) in [4.78, 5) is 23.1. The van der Waals surface area contributed by atoms with Gasteiger partial charge in [0.05, 0.1) is 6.42 Å². The van der Waals surface area contributed by atoms with Crippen LogP contribution in [-0.4, -0.2) is 29.2 Å². The van der Waals surface area contributed by atoms with E-state index in [1.807, 2.05) is 0 Å². The number of hydrogen-bond donors (Lipinski definition) is 3. The van der Waals surface area contributed by atoms with Crippen LogP contribution in [0.1, 0.15) is 59.3 Å². The lowest BCUT2D eigenvalue weighted by Gasteiger charge is -2.27. The maximum Gasteiger partial charge on any atom is 0.315 e. The highest BCUT2D eigenvalue weighted by atomic mass is 16.4. The van der Waals surface area contributed by atoms with E-state index in [4.69, 9.17) is 5.11 Å². The second-order valence-corrected chi connectivity index (χ2v) is 7.88. The molecule has 0 radical (unpaired) electrons. The topological polar surface area (TPSA) is 78.4 Å². The molecule has 0 saturated heterocycles. The second-order valence-electron chi connectivity index (χ2n) is 7.88. The molecule has 0 spiro atoms. The number of amides is 2. The van der Waals surface area contributed by atoms with E-state index >= 15 is 0 Å². The molecule has 2 amide bonds. The first-order valence-electron chi connectivity index (χ1n) is 8.03. The molecule has 3 N–H and O–H groups in total. The molecule has 2 aliphatic carbocycles. The van der Waals surface area contributed by atoms with Crippen LogP contribution in [0.4, 0.5) is 4.79 Å². The molecule has 120 valence electrons. The second kappa shape index (κ2) is 6.24. The van der Waals surface area contributed by atoms with E-state index in [9.17, 15) is 9.59 Å². The van der Waals surface area contributed by atoms with Gasteiger partial charge in [-0.2, -0.15) is 0 Å². The Morgan fingerprint density at radius 3 is 2.00 bits per heavy atom. The fraction of sp³-hybridized carbons (Fsp3) is 0.875. The van der Waals surface area contributed by atoms with Crippen molar-refractivity contribution in [2.24, 2.45) is 17.3 Å². The van der Waals surface area contributed by atoms with Gasteiger partial charge in [0.25, 0.3) is 0 Å². The van der Waals surface area contributed by atoms with Crippen LogP contribution in [0, 0.1) is 17.3 Å². The zero-order valence-corrected chi connectivity index (χ0v) is 13.3. The van der Waals surface area contributed by atoms with Crippen LogP contribution >= 0.6 is 0 Å². The van der Waals surface area contributed by atoms with Crippen molar-refractivity contribution >= 4 is 12.0 Å². The summed E-state index contributed by atoms with van der Waals surface area (Å²) in [6.45, 7) is 6.16. The van der Waals surface area contributed by atoms with Gasteiger partial charge in [0.2, 0.25) is 0 Å². The van der Waals surface area contributed by atoms with Crippen molar-refractivity contribution in [3.63, 3.8) is 0 Å². The lowest BCUT2D eigenvalue weighted by Crippen LogP contribution is -2.49. The predicted octanol–water partition coefficient (Wildman–Crippen LogP) is 2.75. The molecular weight excluding hydrogens is 268 g/mol. The first-order valence-corrected chi connectivity index (χ1v) is 8.03. The van der Waals surface area contributed by atoms with Crippen molar-refractivity contribution in [1.29, 1.82) is 0 Å². The highest BCUT2D eigenvalue weighted by Crippen LogP contribution is 2.44. The summed E-state index contributed by atoms with van der Waals surface area (Å²) in [6, 6.07) is -0.221. The molecule has 1 unspecified atom stereocenters. The number of carboxylic acid groups (broad SMARTS) is 1. The Morgan fingerprint density at radius 1 is 1.10 bits per heavy atom.